The van der Waals surface area contributed by atoms with E-state index in [1.165, 1.54) is 25.6 Å². The molecule has 18 nitrogen and oxygen atoms in total. The quantitative estimate of drug-likeness (QED) is 0.0359. The van der Waals surface area contributed by atoms with Crippen LogP contribution in [0, 0.1) is 0 Å². The Labute approximate surface area is 263 Å². The van der Waals surface area contributed by atoms with E-state index in [0.717, 1.165) is 40.8 Å². The molecule has 0 spiro atoms. The van der Waals surface area contributed by atoms with E-state index in [9.17, 15) is 34.2 Å². The third-order valence-corrected chi connectivity index (χ3v) is 9.15. The van der Waals surface area contributed by atoms with Gasteiger partial charge in [0, 0.05) is 35.9 Å². The van der Waals surface area contributed by atoms with Gasteiger partial charge in [-0.2, -0.15) is 9.36 Å². The van der Waals surface area contributed by atoms with Crippen molar-refractivity contribution in [1.82, 2.24) is 29.6 Å². The van der Waals surface area contributed by atoms with Gasteiger partial charge in [-0.15, -0.1) is 21.1 Å². The summed E-state index contributed by atoms with van der Waals surface area (Å²) in [5, 5.41) is 33.2. The number of aromatic nitrogens is 4. The number of rotatable bonds is 13. The molecule has 0 aromatic carbocycles. The van der Waals surface area contributed by atoms with Crippen molar-refractivity contribution in [3.8, 4) is 0 Å². The van der Waals surface area contributed by atoms with Gasteiger partial charge in [-0.05, 0) is 26.7 Å². The van der Waals surface area contributed by atoms with E-state index < -0.39 is 46.5 Å². The lowest BCUT2D eigenvalue weighted by molar-refractivity contribution is -0.768. The van der Waals surface area contributed by atoms with Crippen molar-refractivity contribution in [3.05, 3.63) is 28.9 Å². The molecule has 2 aromatic rings. The van der Waals surface area contributed by atoms with Crippen LogP contribution in [0.25, 0.3) is 0 Å². The van der Waals surface area contributed by atoms with E-state index in [1.54, 1.807) is 0 Å². The lowest BCUT2D eigenvalue weighted by Gasteiger charge is -2.50. The molecule has 2 atom stereocenters. The number of carbonyl (C=O) groups is 5. The lowest BCUT2D eigenvalue weighted by atomic mass is 10.0. The highest BCUT2D eigenvalue weighted by atomic mass is 32.2. The molecule has 6 N–H and O–H groups in total. The minimum absolute atomic E-state index is 0.00986. The summed E-state index contributed by atoms with van der Waals surface area (Å²) in [6.45, 7) is 4.52. The number of nitrogens with one attached hydrogen (secondary N) is 3. The Balaban J connectivity index is 1.36. The summed E-state index contributed by atoms with van der Waals surface area (Å²) in [6, 6.07) is -1.14. The van der Waals surface area contributed by atoms with Gasteiger partial charge in [0.1, 0.15) is 11.4 Å². The van der Waals surface area contributed by atoms with Gasteiger partial charge < -0.3 is 41.5 Å². The first-order valence-corrected chi connectivity index (χ1v) is 15.6. The van der Waals surface area contributed by atoms with Crippen LogP contribution in [0.2, 0.25) is 0 Å². The Morgan fingerprint density at radius 1 is 1.40 bits per heavy atom. The molecular formula is C25H30N10O8S2. The van der Waals surface area contributed by atoms with Crippen molar-refractivity contribution in [2.24, 2.45) is 5.16 Å². The van der Waals surface area contributed by atoms with E-state index in [0.29, 0.717) is 31.5 Å². The average molecular weight is 663 g/mol. The maximum atomic E-state index is 13.3. The highest BCUT2D eigenvalue weighted by Gasteiger charge is 2.53. The summed E-state index contributed by atoms with van der Waals surface area (Å²) in [5.41, 5.74) is 4.47. The molecule has 20 heteroatoms. The Morgan fingerprint density at radius 2 is 2.18 bits per heavy atom. The number of anilines is 2. The fourth-order valence-corrected chi connectivity index (χ4v) is 6.75. The molecule has 45 heavy (non-hydrogen) atoms. The summed E-state index contributed by atoms with van der Waals surface area (Å²) in [4.78, 5) is 71.2. The van der Waals surface area contributed by atoms with Crippen molar-refractivity contribution in [1.29, 1.82) is 0 Å². The second kappa shape index (κ2) is 12.7. The summed E-state index contributed by atoms with van der Waals surface area (Å²) >= 11 is 2.03. The number of nitrogens with zero attached hydrogens (tertiary/aromatic N) is 6. The van der Waals surface area contributed by atoms with E-state index in [2.05, 4.69) is 30.5 Å². The van der Waals surface area contributed by atoms with Crippen molar-refractivity contribution >= 4 is 70.1 Å². The predicted octanol–water partition coefficient (Wildman–Crippen LogP) is -3.00. The van der Waals surface area contributed by atoms with Crippen molar-refractivity contribution < 1.29 is 43.7 Å². The fraction of sp³-hybridized carbons (Fsp3) is 0.480. The van der Waals surface area contributed by atoms with Gasteiger partial charge in [-0.25, -0.2) is 4.79 Å². The van der Waals surface area contributed by atoms with Crippen LogP contribution in [0.1, 0.15) is 31.7 Å². The monoisotopic (exact) mass is 662 g/mol. The van der Waals surface area contributed by atoms with Crippen molar-refractivity contribution in [2.45, 2.75) is 56.8 Å². The topological polar surface area (TPSA) is 250 Å². The van der Waals surface area contributed by atoms with Crippen LogP contribution in [0.5, 0.6) is 0 Å². The van der Waals surface area contributed by atoms with E-state index in [-0.39, 0.29) is 29.0 Å². The number of thioether (sulfide) groups is 1. The Hall–Kier alpha value is -4.72. The van der Waals surface area contributed by atoms with Crippen LogP contribution in [-0.4, -0.2) is 95.8 Å². The minimum atomic E-state index is -1.81. The maximum absolute atomic E-state index is 13.3. The molecule has 2 aromatic heterocycles. The molecule has 3 aliphatic rings. The summed E-state index contributed by atoms with van der Waals surface area (Å²) in [7, 11) is 0. The maximum Gasteiger partial charge on any atom is 0.350 e. The molecule has 1 fully saturated rings. The second-order valence-electron chi connectivity index (χ2n) is 10.7. The number of nitrogen functional groups attached to an aromatic ring is 1. The van der Waals surface area contributed by atoms with Crippen LogP contribution in [0.3, 0.4) is 0 Å². The first-order chi connectivity index (χ1) is 21.4. The predicted molar refractivity (Wildman–Crippen MR) is 156 cm³/mol. The molecule has 0 aliphatic carbocycles. The number of β-lactam (4-membered cyclic amide) rings is 1. The van der Waals surface area contributed by atoms with Crippen molar-refractivity contribution in [2.75, 3.05) is 29.9 Å². The van der Waals surface area contributed by atoms with Gasteiger partial charge in [0.15, 0.2) is 17.5 Å². The molecule has 1 saturated heterocycles. The number of carboxylic acid groups (broad SMARTS) is 2. The largest absolute Gasteiger partial charge is 0.543 e. The van der Waals surface area contributed by atoms with E-state index in [1.807, 2.05) is 15.6 Å². The summed E-state index contributed by atoms with van der Waals surface area (Å²) < 4.78 is 7.83. The summed E-state index contributed by atoms with van der Waals surface area (Å²) in [5.74, 6) is -3.63. The number of aliphatic carboxylic acids is 2. The highest BCUT2D eigenvalue weighted by molar-refractivity contribution is 8.00. The second-order valence-corrected chi connectivity index (χ2v) is 12.6. The molecule has 3 aliphatic heterocycles. The Morgan fingerprint density at radius 3 is 2.84 bits per heavy atom. The smallest absolute Gasteiger partial charge is 0.350 e. The molecule has 0 bridgehead atoms. The van der Waals surface area contributed by atoms with Gasteiger partial charge in [0.2, 0.25) is 29.7 Å². The van der Waals surface area contributed by atoms with Gasteiger partial charge in [0.25, 0.3) is 11.8 Å². The van der Waals surface area contributed by atoms with Gasteiger partial charge in [0.05, 0.1) is 23.8 Å². The van der Waals surface area contributed by atoms with Crippen LogP contribution in [0.4, 0.5) is 10.9 Å². The molecule has 0 saturated carbocycles. The van der Waals surface area contributed by atoms with E-state index in [4.69, 9.17) is 10.6 Å². The van der Waals surface area contributed by atoms with Crippen molar-refractivity contribution in [3.63, 3.8) is 0 Å². The van der Waals surface area contributed by atoms with Gasteiger partial charge >= 0.3 is 5.97 Å². The van der Waals surface area contributed by atoms with E-state index >= 15 is 0 Å². The Kier molecular flexibility index (Phi) is 8.96. The van der Waals surface area contributed by atoms with Gasteiger partial charge in [-0.1, -0.05) is 5.16 Å². The standard InChI is InChI=1S/C25H30N10O8S2/c1-25(2,23(41)42)43-31-14(17-30-24(26)45-32-17)19(37)29-15-20(38)35-16(22(39)40)13(10-44-21(15)35)9-33-8-12(4-6-27-11-36)18-28-5-3-7-34(18)33/h8,11,15,21H,3-7,9-10H2,1-2H3,(H6,26,27,29,30,32,36,37,39,40,41,42)/b31-14-/t15-,21-/m1/s1. The number of carbonyl (C=O) groups excluding carboxylic acids is 4. The zero-order chi connectivity index (χ0) is 32.5. The third-order valence-electron chi connectivity index (χ3n) is 7.27. The SMILES string of the molecule is CC(C)(O/N=C(\C(=O)N[C@@H]1C(=O)N2C(C(=O)[O-])=C(C[n+]3cc(CCNC=O)c4n3CCCN4)CS[C@H]12)c1nsc(N)n1)C(=O)O. The van der Waals surface area contributed by atoms with Crippen LogP contribution < -0.4 is 31.5 Å². The third kappa shape index (κ3) is 6.27. The molecular weight excluding hydrogens is 632 g/mol. The minimum Gasteiger partial charge on any atom is -0.543 e. The number of carboxylic acids is 2. The molecule has 3 amide bonds. The normalized spacial score (nSPS) is 19.6. The van der Waals surface area contributed by atoms with Gasteiger partial charge in [-0.3, -0.25) is 19.3 Å². The Bertz CT molecular complexity index is 1620. The molecule has 240 valence electrons. The summed E-state index contributed by atoms with van der Waals surface area (Å²) in [6.07, 6.45) is 3.95. The number of oxime groups is 1. The number of hydrogen-bond donors (Lipinski definition) is 5. The zero-order valence-corrected chi connectivity index (χ0v) is 25.8. The first kappa shape index (κ1) is 31.7. The number of nitrogens with two attached hydrogens (primary N) is 1. The molecule has 5 heterocycles. The van der Waals surface area contributed by atoms with Crippen LogP contribution in [0.15, 0.2) is 22.6 Å². The number of hydrogen-bond acceptors (Lipinski definition) is 14. The lowest BCUT2D eigenvalue weighted by Crippen LogP contribution is -2.71. The number of amides is 3. The zero-order valence-electron chi connectivity index (χ0n) is 24.1. The fourth-order valence-electron chi connectivity index (χ4n) is 4.98. The number of fused-ring (bicyclic) bond motifs is 2. The molecule has 5 rings (SSSR count). The van der Waals surface area contributed by atoms with Crippen LogP contribution in [-0.2, 0) is 48.3 Å². The van der Waals surface area contributed by atoms with Crippen LogP contribution >= 0.6 is 23.3 Å². The average Bonchev–Trinajstić information content (AvgIpc) is 3.58. The first-order valence-electron chi connectivity index (χ1n) is 13.7. The molecule has 0 radical (unpaired) electrons. The molecule has 0 unspecified atom stereocenters. The highest BCUT2D eigenvalue weighted by Crippen LogP contribution is 2.40.